The van der Waals surface area contributed by atoms with Crippen LogP contribution in [0.15, 0.2) is 273 Å². The minimum absolute atomic E-state index is 1.09. The molecule has 0 saturated heterocycles. The molecule has 0 spiro atoms. The Bertz CT molecular complexity index is 4040. The van der Waals surface area contributed by atoms with Crippen LogP contribution in [0.25, 0.3) is 108 Å². The summed E-state index contributed by atoms with van der Waals surface area (Å²) in [4.78, 5) is 2.45. The first-order valence-electron chi connectivity index (χ1n) is 24.0. The van der Waals surface area contributed by atoms with Crippen molar-refractivity contribution in [3.8, 4) is 66.8 Å². The van der Waals surface area contributed by atoms with Gasteiger partial charge in [-0.05, 0) is 137 Å². The van der Waals surface area contributed by atoms with Gasteiger partial charge in [0.05, 0.1) is 5.69 Å². The summed E-state index contributed by atoms with van der Waals surface area (Å²) in [5, 5.41) is 7.52. The Morgan fingerprint density at radius 1 is 0.257 bits per heavy atom. The van der Waals surface area contributed by atoms with E-state index in [0.717, 1.165) is 17.1 Å². The Kier molecular flexibility index (Phi) is 10.5. The molecule has 0 bridgehead atoms. The maximum atomic E-state index is 2.45. The summed E-state index contributed by atoms with van der Waals surface area (Å²) in [6.07, 6.45) is 0. The van der Waals surface area contributed by atoms with Crippen LogP contribution in [0.1, 0.15) is 0 Å². The number of rotatable bonds is 9. The Morgan fingerprint density at radius 2 is 0.686 bits per heavy atom. The monoisotopic (exact) mass is 907 g/mol. The van der Waals surface area contributed by atoms with Gasteiger partial charge in [0.2, 0.25) is 0 Å². The Hall–Kier alpha value is -8.82. The van der Waals surface area contributed by atoms with E-state index < -0.39 is 0 Å². The predicted octanol–water partition coefficient (Wildman–Crippen LogP) is 19.8. The molecular formula is C68H45NS. The van der Waals surface area contributed by atoms with Crippen molar-refractivity contribution >= 4 is 70.1 Å². The third kappa shape index (κ3) is 7.52. The molecule has 13 aromatic rings. The summed E-state index contributed by atoms with van der Waals surface area (Å²) in [7, 11) is 0. The average molecular weight is 908 g/mol. The largest absolute Gasteiger partial charge is 0.310 e. The molecule has 0 saturated carbocycles. The number of thiophene rings is 1. The van der Waals surface area contributed by atoms with Gasteiger partial charge in [-0.25, -0.2) is 0 Å². The smallest absolute Gasteiger partial charge is 0.0555 e. The molecule has 0 N–H and O–H groups in total. The van der Waals surface area contributed by atoms with E-state index in [1.54, 1.807) is 0 Å². The zero-order valence-electron chi connectivity index (χ0n) is 38.3. The van der Waals surface area contributed by atoms with Gasteiger partial charge in [0, 0.05) is 31.5 Å². The number of hydrogen-bond donors (Lipinski definition) is 0. The van der Waals surface area contributed by atoms with Crippen molar-refractivity contribution in [2.45, 2.75) is 0 Å². The van der Waals surface area contributed by atoms with Gasteiger partial charge in [0.1, 0.15) is 0 Å². The zero-order valence-corrected chi connectivity index (χ0v) is 39.2. The second-order valence-electron chi connectivity index (χ2n) is 18.0. The molecule has 328 valence electrons. The fourth-order valence-electron chi connectivity index (χ4n) is 10.4. The van der Waals surface area contributed by atoms with Gasteiger partial charge in [-0.2, -0.15) is 0 Å². The van der Waals surface area contributed by atoms with Gasteiger partial charge in [-0.3, -0.25) is 0 Å². The summed E-state index contributed by atoms with van der Waals surface area (Å²) in [5.74, 6) is 0. The first-order valence-corrected chi connectivity index (χ1v) is 24.8. The minimum atomic E-state index is 1.09. The van der Waals surface area contributed by atoms with Gasteiger partial charge < -0.3 is 4.90 Å². The Labute approximate surface area is 412 Å². The van der Waals surface area contributed by atoms with E-state index in [-0.39, 0.29) is 0 Å². The normalized spacial score (nSPS) is 11.4. The lowest BCUT2D eigenvalue weighted by atomic mass is 9.89. The molecule has 0 aliphatic rings. The lowest BCUT2D eigenvalue weighted by Crippen LogP contribution is -2.10. The molecule has 1 nitrogen and oxygen atoms in total. The lowest BCUT2D eigenvalue weighted by Gasteiger charge is -2.27. The lowest BCUT2D eigenvalue weighted by molar-refractivity contribution is 1.30. The molecule has 13 rings (SSSR count). The van der Waals surface area contributed by atoms with Gasteiger partial charge in [-0.15, -0.1) is 11.3 Å². The molecule has 0 amide bonds. The standard InChI is InChI=1S/C68H45NS/c1-2-16-51(17-3-1)61-42-43-65(67-64-24-12-13-25-66(64)70-68(61)67)69(57-38-34-49(35-39-57)48-26-28-50(29-27-48)55-32-30-46-14-4-6-18-53(46)44-55)58-40-36-52(37-41-58)59-20-8-10-22-62(59)63-23-11-9-21-60(63)56-33-31-47-15-5-7-19-54(47)45-56/h1-45H. The fourth-order valence-corrected chi connectivity index (χ4v) is 11.6. The third-order valence-corrected chi connectivity index (χ3v) is 15.1. The average Bonchev–Trinajstić information content (AvgIpc) is 3.84. The number of hydrogen-bond acceptors (Lipinski definition) is 2. The van der Waals surface area contributed by atoms with E-state index in [4.69, 9.17) is 0 Å². The van der Waals surface area contributed by atoms with E-state index in [0.29, 0.717) is 0 Å². The molecule has 0 aliphatic heterocycles. The Morgan fingerprint density at radius 3 is 1.31 bits per heavy atom. The maximum absolute atomic E-state index is 2.45. The zero-order chi connectivity index (χ0) is 46.4. The predicted molar refractivity (Wildman–Crippen MR) is 302 cm³/mol. The summed E-state index contributed by atoms with van der Waals surface area (Å²) < 4.78 is 2.56. The van der Waals surface area contributed by atoms with Crippen LogP contribution in [0, 0.1) is 0 Å². The van der Waals surface area contributed by atoms with E-state index in [1.165, 1.54) is 108 Å². The summed E-state index contributed by atoms with van der Waals surface area (Å²) in [5.41, 5.74) is 17.8. The highest BCUT2D eigenvalue weighted by Gasteiger charge is 2.22. The first-order chi connectivity index (χ1) is 34.7. The van der Waals surface area contributed by atoms with Crippen molar-refractivity contribution in [2.75, 3.05) is 4.90 Å². The second-order valence-corrected chi connectivity index (χ2v) is 19.1. The van der Waals surface area contributed by atoms with Gasteiger partial charge in [-0.1, -0.05) is 224 Å². The molecule has 2 heteroatoms. The molecule has 70 heavy (non-hydrogen) atoms. The molecular weight excluding hydrogens is 863 g/mol. The third-order valence-electron chi connectivity index (χ3n) is 13.9. The van der Waals surface area contributed by atoms with Crippen LogP contribution in [0.3, 0.4) is 0 Å². The van der Waals surface area contributed by atoms with Crippen molar-refractivity contribution in [3.05, 3.63) is 273 Å². The quantitative estimate of drug-likeness (QED) is 0.139. The van der Waals surface area contributed by atoms with Gasteiger partial charge in [0.25, 0.3) is 0 Å². The van der Waals surface area contributed by atoms with E-state index >= 15 is 0 Å². The number of anilines is 3. The van der Waals surface area contributed by atoms with Crippen molar-refractivity contribution in [1.82, 2.24) is 0 Å². The summed E-state index contributed by atoms with van der Waals surface area (Å²) in [6.45, 7) is 0. The summed E-state index contributed by atoms with van der Waals surface area (Å²) >= 11 is 1.88. The molecule has 1 aromatic heterocycles. The maximum Gasteiger partial charge on any atom is 0.0555 e. The SMILES string of the molecule is c1ccc(-c2ccc(N(c3ccc(-c4ccc(-c5ccc6ccccc6c5)cc4)cc3)c3ccc(-c4ccccc4-c4ccccc4-c4ccc5ccccc5c4)cc3)c3c2sc2ccccc23)cc1. The van der Waals surface area contributed by atoms with Crippen LogP contribution in [0.2, 0.25) is 0 Å². The van der Waals surface area contributed by atoms with E-state index in [9.17, 15) is 0 Å². The van der Waals surface area contributed by atoms with Crippen molar-refractivity contribution in [3.63, 3.8) is 0 Å². The molecule has 0 radical (unpaired) electrons. The number of benzene rings is 12. The summed E-state index contributed by atoms with van der Waals surface area (Å²) in [6, 6.07) is 99.9. The number of nitrogens with zero attached hydrogens (tertiary/aromatic N) is 1. The topological polar surface area (TPSA) is 3.24 Å². The number of fused-ring (bicyclic) bond motifs is 5. The van der Waals surface area contributed by atoms with Crippen molar-refractivity contribution in [2.24, 2.45) is 0 Å². The molecule has 0 aliphatic carbocycles. The van der Waals surface area contributed by atoms with Crippen LogP contribution >= 0.6 is 11.3 Å². The molecule has 0 atom stereocenters. The van der Waals surface area contributed by atoms with Crippen LogP contribution in [0.4, 0.5) is 17.1 Å². The Balaban J connectivity index is 0.913. The molecule has 0 fully saturated rings. The van der Waals surface area contributed by atoms with E-state index in [1.807, 2.05) is 11.3 Å². The van der Waals surface area contributed by atoms with Gasteiger partial charge >= 0.3 is 0 Å². The van der Waals surface area contributed by atoms with Crippen molar-refractivity contribution < 1.29 is 0 Å². The van der Waals surface area contributed by atoms with Crippen LogP contribution in [-0.2, 0) is 0 Å². The highest BCUT2D eigenvalue weighted by Crippen LogP contribution is 2.49. The van der Waals surface area contributed by atoms with Gasteiger partial charge in [0.15, 0.2) is 0 Å². The highest BCUT2D eigenvalue weighted by atomic mass is 32.1. The van der Waals surface area contributed by atoms with Crippen LogP contribution in [0.5, 0.6) is 0 Å². The van der Waals surface area contributed by atoms with Crippen LogP contribution in [-0.4, -0.2) is 0 Å². The van der Waals surface area contributed by atoms with E-state index in [2.05, 4.69) is 278 Å². The second kappa shape index (κ2) is 17.7. The van der Waals surface area contributed by atoms with Crippen molar-refractivity contribution in [1.29, 1.82) is 0 Å². The molecule has 0 unspecified atom stereocenters. The minimum Gasteiger partial charge on any atom is -0.310 e. The molecule has 12 aromatic carbocycles. The molecule has 1 heterocycles. The highest BCUT2D eigenvalue weighted by molar-refractivity contribution is 7.26. The fraction of sp³-hybridized carbons (Fsp3) is 0. The van der Waals surface area contributed by atoms with Crippen LogP contribution < -0.4 is 4.90 Å². The first kappa shape index (κ1) is 41.4.